The van der Waals surface area contributed by atoms with Gasteiger partial charge in [0.1, 0.15) is 42.6 Å². The van der Waals surface area contributed by atoms with Crippen molar-refractivity contribution in [2.75, 3.05) is 21.3 Å². The zero-order chi connectivity index (χ0) is 50.9. The lowest BCUT2D eigenvalue weighted by atomic mass is 10.1. The van der Waals surface area contributed by atoms with Crippen molar-refractivity contribution in [2.24, 2.45) is 0 Å². The van der Waals surface area contributed by atoms with Crippen LogP contribution in [0.5, 0.6) is 23.0 Å². The van der Waals surface area contributed by atoms with Crippen LogP contribution in [-0.4, -0.2) is 45.7 Å². The molecule has 0 aromatic heterocycles. The summed E-state index contributed by atoms with van der Waals surface area (Å²) in [5.41, 5.74) is 2.43. The SMILES string of the molecule is O=C(Nc1ccc(OS(=O)(=O)c2ccccc2)cc1)Nc1ccc(OS(=O)(=O)c2ccc(-c3ccc(S(=O)(=O)Oc4ccc(NC(=O)Nc5ccc(OS(=O)(=O)c6ccccc6)cc5)cc4)cc3)cc2)cc1. The highest BCUT2D eigenvalue weighted by Gasteiger charge is 2.21. The number of rotatable bonds is 17. The molecule has 0 unspecified atom stereocenters. The minimum atomic E-state index is -4.30. The Morgan fingerprint density at radius 1 is 0.264 bits per heavy atom. The van der Waals surface area contributed by atoms with Gasteiger partial charge in [0.15, 0.2) is 0 Å². The molecular formula is C50H38N4O14S4. The lowest BCUT2D eigenvalue weighted by Crippen LogP contribution is -2.19. The number of urea groups is 2. The molecule has 0 saturated heterocycles. The fourth-order valence-electron chi connectivity index (χ4n) is 6.46. The Labute approximate surface area is 414 Å². The van der Waals surface area contributed by atoms with Crippen LogP contribution in [0.1, 0.15) is 0 Å². The van der Waals surface area contributed by atoms with E-state index in [1.54, 1.807) is 36.4 Å². The largest absolute Gasteiger partial charge is 0.379 e. The highest BCUT2D eigenvalue weighted by molar-refractivity contribution is 7.88. The summed E-state index contributed by atoms with van der Waals surface area (Å²) < 4.78 is 123. The second-order valence-electron chi connectivity index (χ2n) is 15.1. The van der Waals surface area contributed by atoms with E-state index in [0.717, 1.165) is 0 Å². The maximum absolute atomic E-state index is 13.1. The predicted molar refractivity (Wildman–Crippen MR) is 267 cm³/mol. The molecule has 0 saturated carbocycles. The molecule has 8 aromatic carbocycles. The maximum atomic E-state index is 13.1. The van der Waals surface area contributed by atoms with Gasteiger partial charge in [-0.3, -0.25) is 0 Å². The molecule has 4 N–H and O–H groups in total. The Morgan fingerprint density at radius 2 is 0.472 bits per heavy atom. The number of hydrogen-bond acceptors (Lipinski definition) is 14. The van der Waals surface area contributed by atoms with Crippen LogP contribution >= 0.6 is 0 Å². The number of hydrogen-bond donors (Lipinski definition) is 4. The van der Waals surface area contributed by atoms with Gasteiger partial charge in [0.05, 0.1) is 0 Å². The van der Waals surface area contributed by atoms with Crippen molar-refractivity contribution in [2.45, 2.75) is 19.6 Å². The first-order valence-corrected chi connectivity index (χ1v) is 26.7. The summed E-state index contributed by atoms with van der Waals surface area (Å²) in [6.07, 6.45) is 0. The van der Waals surface area contributed by atoms with E-state index >= 15 is 0 Å². The highest BCUT2D eigenvalue weighted by atomic mass is 32.2. The molecule has 22 heteroatoms. The summed E-state index contributed by atoms with van der Waals surface area (Å²) >= 11 is 0. The zero-order valence-corrected chi connectivity index (χ0v) is 40.2. The van der Waals surface area contributed by atoms with E-state index in [9.17, 15) is 43.3 Å². The van der Waals surface area contributed by atoms with E-state index in [4.69, 9.17) is 16.7 Å². The molecule has 0 radical (unpaired) electrons. The van der Waals surface area contributed by atoms with E-state index in [2.05, 4.69) is 21.3 Å². The Bertz CT molecular complexity index is 3420. The molecule has 8 rings (SSSR count). The van der Waals surface area contributed by atoms with Crippen LogP contribution < -0.4 is 38.0 Å². The highest BCUT2D eigenvalue weighted by Crippen LogP contribution is 2.28. The average molecular weight is 1050 g/mol. The summed E-state index contributed by atoms with van der Waals surface area (Å²) in [5.74, 6) is 0.0210. The average Bonchev–Trinajstić information content (AvgIpc) is 3.37. The Kier molecular flexibility index (Phi) is 14.6. The lowest BCUT2D eigenvalue weighted by Gasteiger charge is -2.11. The third kappa shape index (κ3) is 12.9. The van der Waals surface area contributed by atoms with Crippen molar-refractivity contribution in [3.8, 4) is 34.1 Å². The number of nitrogens with one attached hydrogen (secondary N) is 4. The third-order valence-electron chi connectivity index (χ3n) is 9.96. The van der Waals surface area contributed by atoms with Crippen LogP contribution in [0.25, 0.3) is 11.1 Å². The molecule has 0 aliphatic heterocycles. The van der Waals surface area contributed by atoms with Gasteiger partial charge in [-0.15, -0.1) is 0 Å². The third-order valence-corrected chi connectivity index (χ3v) is 15.0. The van der Waals surface area contributed by atoms with Gasteiger partial charge in [-0.25, -0.2) is 9.59 Å². The van der Waals surface area contributed by atoms with E-state index < -0.39 is 52.5 Å². The van der Waals surface area contributed by atoms with Crippen molar-refractivity contribution in [3.05, 3.63) is 206 Å². The standard InChI is InChI=1S/C50H38N4O14S4/c55-49(51-37-15-23-41(24-16-37)65-69(57,58)45-7-3-1-4-8-45)53-39-19-27-43(28-20-39)67-71(61,62)47-31-11-35(12-32-47)36-13-33-48(34-14-36)72(63,64)68-44-29-21-40(22-30-44)54-50(56)52-38-17-25-42(26-18-38)66-70(59,60)46-9-5-2-6-10-46/h1-34H,(H2,51,53,55)(H2,52,54,56). The van der Waals surface area contributed by atoms with Crippen LogP contribution in [0.15, 0.2) is 226 Å². The normalized spacial score (nSPS) is 11.6. The summed E-state index contributed by atoms with van der Waals surface area (Å²) in [6, 6.07) is 47.9. The first kappa shape index (κ1) is 49.7. The van der Waals surface area contributed by atoms with Gasteiger partial charge >= 0.3 is 52.5 Å². The second-order valence-corrected chi connectivity index (χ2v) is 21.3. The summed E-state index contributed by atoms with van der Waals surface area (Å²) in [6.45, 7) is 0. The Hall–Kier alpha value is -8.70. The molecule has 0 spiro atoms. The molecule has 0 heterocycles. The number of benzene rings is 8. The number of anilines is 4. The zero-order valence-electron chi connectivity index (χ0n) is 37.0. The van der Waals surface area contributed by atoms with Crippen LogP contribution in [-0.2, 0) is 40.5 Å². The minimum absolute atomic E-state index is 0.00833. The molecular weight excluding hydrogens is 1010 g/mol. The molecule has 72 heavy (non-hydrogen) atoms. The smallest absolute Gasteiger partial charge is 0.339 e. The van der Waals surface area contributed by atoms with Crippen LogP contribution in [0.4, 0.5) is 32.3 Å². The van der Waals surface area contributed by atoms with Crippen molar-refractivity contribution >= 4 is 75.3 Å². The van der Waals surface area contributed by atoms with Crippen molar-refractivity contribution < 1.29 is 60.0 Å². The van der Waals surface area contributed by atoms with Crippen molar-refractivity contribution in [3.63, 3.8) is 0 Å². The van der Waals surface area contributed by atoms with Crippen molar-refractivity contribution in [1.82, 2.24) is 0 Å². The molecule has 0 bridgehead atoms. The van der Waals surface area contributed by atoms with E-state index in [1.165, 1.54) is 170 Å². The Balaban J connectivity index is 0.788. The van der Waals surface area contributed by atoms with Crippen molar-refractivity contribution in [1.29, 1.82) is 0 Å². The van der Waals surface area contributed by atoms with E-state index in [0.29, 0.717) is 33.9 Å². The summed E-state index contributed by atoms with van der Waals surface area (Å²) in [7, 11) is -16.7. The molecule has 18 nitrogen and oxygen atoms in total. The number of amides is 4. The topological polar surface area (TPSA) is 256 Å². The van der Waals surface area contributed by atoms with Gasteiger partial charge in [-0.1, -0.05) is 60.7 Å². The lowest BCUT2D eigenvalue weighted by molar-refractivity contribution is 0.261. The van der Waals surface area contributed by atoms with Gasteiger partial charge < -0.3 is 38.0 Å². The van der Waals surface area contributed by atoms with Crippen LogP contribution in [0, 0.1) is 0 Å². The quantitative estimate of drug-likeness (QED) is 0.0620. The van der Waals surface area contributed by atoms with Gasteiger partial charge in [0.25, 0.3) is 0 Å². The fraction of sp³-hybridized carbons (Fsp3) is 0. The maximum Gasteiger partial charge on any atom is 0.339 e. The number of carbonyl (C=O) groups excluding carboxylic acids is 2. The van der Waals surface area contributed by atoms with Crippen LogP contribution in [0.3, 0.4) is 0 Å². The van der Waals surface area contributed by atoms with Crippen LogP contribution in [0.2, 0.25) is 0 Å². The number of carbonyl (C=O) groups is 2. The molecule has 0 fully saturated rings. The molecule has 4 amide bonds. The monoisotopic (exact) mass is 1050 g/mol. The first-order valence-electron chi connectivity index (χ1n) is 21.0. The first-order chi connectivity index (χ1) is 34.4. The van der Waals surface area contributed by atoms with E-state index in [1.807, 2.05) is 0 Å². The van der Waals surface area contributed by atoms with Gasteiger partial charge in [-0.2, -0.15) is 33.7 Å². The Morgan fingerprint density at radius 3 is 0.694 bits per heavy atom. The fourth-order valence-corrected chi connectivity index (χ4v) is 10.2. The molecule has 366 valence electrons. The summed E-state index contributed by atoms with van der Waals surface area (Å²) in [4.78, 5) is 24.9. The summed E-state index contributed by atoms with van der Waals surface area (Å²) in [5, 5.41) is 10.4. The predicted octanol–water partition coefficient (Wildman–Crippen LogP) is 9.71. The van der Waals surface area contributed by atoms with E-state index in [-0.39, 0.29) is 42.6 Å². The molecule has 0 aliphatic carbocycles. The second kappa shape index (κ2) is 21.1. The minimum Gasteiger partial charge on any atom is -0.379 e. The molecule has 8 aromatic rings. The molecule has 0 atom stereocenters. The van der Waals surface area contributed by atoms with Gasteiger partial charge in [0, 0.05) is 22.7 Å². The van der Waals surface area contributed by atoms with Gasteiger partial charge in [0.2, 0.25) is 0 Å². The molecule has 0 aliphatic rings. The van der Waals surface area contributed by atoms with Gasteiger partial charge in [-0.05, 0) is 157 Å².